The van der Waals surface area contributed by atoms with Crippen molar-refractivity contribution < 1.29 is 27.3 Å². The number of carbonyl (C=O) groups is 1. The van der Waals surface area contributed by atoms with Crippen molar-refractivity contribution in [2.24, 2.45) is 0 Å². The van der Waals surface area contributed by atoms with E-state index in [9.17, 15) is 27.7 Å². The number of nitro groups is 1. The van der Waals surface area contributed by atoms with Crippen molar-refractivity contribution in [3.8, 4) is 0 Å². The highest BCUT2D eigenvalue weighted by Gasteiger charge is 2.29. The molecule has 3 rings (SSSR count). The van der Waals surface area contributed by atoms with Crippen molar-refractivity contribution in [2.45, 2.75) is 4.90 Å². The highest BCUT2D eigenvalue weighted by molar-refractivity contribution is 7.89. The van der Waals surface area contributed by atoms with Gasteiger partial charge in [0, 0.05) is 30.9 Å². The Bertz CT molecular complexity index is 1150. The zero-order chi connectivity index (χ0) is 22.6. The Morgan fingerprint density at radius 1 is 1.23 bits per heavy atom. The number of hydrogen-bond acceptors (Lipinski definition) is 6. The predicted molar refractivity (Wildman–Crippen MR) is 112 cm³/mol. The monoisotopic (exact) mass is 469 g/mol. The Hall–Kier alpha value is -2.86. The van der Waals surface area contributed by atoms with Gasteiger partial charge in [0.2, 0.25) is 15.9 Å². The number of halogens is 2. The van der Waals surface area contributed by atoms with Gasteiger partial charge >= 0.3 is 0 Å². The molecule has 0 unspecified atom stereocenters. The van der Waals surface area contributed by atoms with E-state index in [1.165, 1.54) is 30.3 Å². The smallest absolute Gasteiger partial charge is 0.288 e. The zero-order valence-corrected chi connectivity index (χ0v) is 17.5. The number of rotatable bonds is 6. The van der Waals surface area contributed by atoms with Crippen LogP contribution < -0.4 is 5.32 Å². The molecule has 164 valence electrons. The molecule has 1 saturated heterocycles. The molecule has 12 heteroatoms. The van der Waals surface area contributed by atoms with E-state index in [0.29, 0.717) is 5.56 Å². The summed E-state index contributed by atoms with van der Waals surface area (Å²) in [5, 5.41) is 13.3. The summed E-state index contributed by atoms with van der Waals surface area (Å²) < 4.78 is 45.9. The Morgan fingerprint density at radius 2 is 1.94 bits per heavy atom. The number of morpholine rings is 1. The lowest BCUT2D eigenvalue weighted by Gasteiger charge is -2.26. The number of benzene rings is 2. The van der Waals surface area contributed by atoms with Gasteiger partial charge < -0.3 is 10.1 Å². The van der Waals surface area contributed by atoms with Gasteiger partial charge in [0.05, 0.1) is 18.1 Å². The molecule has 0 aliphatic carbocycles. The van der Waals surface area contributed by atoms with E-state index >= 15 is 0 Å². The summed E-state index contributed by atoms with van der Waals surface area (Å²) >= 11 is 5.75. The van der Waals surface area contributed by atoms with Crippen molar-refractivity contribution >= 4 is 45.0 Å². The van der Waals surface area contributed by atoms with Crippen LogP contribution in [0.3, 0.4) is 0 Å². The Balaban J connectivity index is 1.76. The SMILES string of the molecule is O=C(/C=C/c1ccc(Cl)c([N+](=O)[O-])c1)Nc1ccc(F)c(S(=O)(=O)N2CCOCC2)c1. The molecule has 31 heavy (non-hydrogen) atoms. The largest absolute Gasteiger partial charge is 0.379 e. The third kappa shape index (κ3) is 5.44. The summed E-state index contributed by atoms with van der Waals surface area (Å²) in [6.07, 6.45) is 2.43. The molecule has 1 amide bonds. The number of nitrogens with one attached hydrogen (secondary N) is 1. The van der Waals surface area contributed by atoms with Crippen LogP contribution in [0.2, 0.25) is 5.02 Å². The number of ether oxygens (including phenoxy) is 1. The number of sulfonamides is 1. The number of amides is 1. The number of anilines is 1. The summed E-state index contributed by atoms with van der Waals surface area (Å²) in [6, 6.07) is 7.25. The topological polar surface area (TPSA) is 119 Å². The van der Waals surface area contributed by atoms with Crippen LogP contribution in [0.15, 0.2) is 47.4 Å². The molecule has 1 heterocycles. The minimum atomic E-state index is -4.09. The van der Waals surface area contributed by atoms with Gasteiger partial charge in [-0.1, -0.05) is 17.7 Å². The lowest BCUT2D eigenvalue weighted by Crippen LogP contribution is -2.40. The van der Waals surface area contributed by atoms with Crippen molar-refractivity contribution in [1.29, 1.82) is 0 Å². The van der Waals surface area contributed by atoms with Crippen LogP contribution in [0.5, 0.6) is 0 Å². The maximum absolute atomic E-state index is 14.2. The maximum atomic E-state index is 14.2. The van der Waals surface area contributed by atoms with E-state index in [2.05, 4.69) is 5.32 Å². The molecular weight excluding hydrogens is 453 g/mol. The van der Waals surface area contributed by atoms with E-state index < -0.39 is 31.6 Å². The molecule has 0 radical (unpaired) electrons. The number of nitro benzene ring substituents is 1. The second-order valence-corrected chi connectivity index (χ2v) is 8.77. The van der Waals surface area contributed by atoms with Gasteiger partial charge in [0.15, 0.2) is 0 Å². The van der Waals surface area contributed by atoms with Crippen molar-refractivity contribution in [3.63, 3.8) is 0 Å². The van der Waals surface area contributed by atoms with Gasteiger partial charge in [0.25, 0.3) is 5.69 Å². The Kier molecular flexibility index (Phi) is 7.01. The first-order chi connectivity index (χ1) is 14.7. The maximum Gasteiger partial charge on any atom is 0.288 e. The highest BCUT2D eigenvalue weighted by atomic mass is 35.5. The fourth-order valence-electron chi connectivity index (χ4n) is 2.83. The average molecular weight is 470 g/mol. The molecule has 2 aromatic carbocycles. The first kappa shape index (κ1) is 22.8. The Morgan fingerprint density at radius 3 is 2.61 bits per heavy atom. The molecule has 2 aromatic rings. The molecule has 9 nitrogen and oxygen atoms in total. The Labute approximate surface area is 182 Å². The second-order valence-electron chi connectivity index (χ2n) is 6.45. The fourth-order valence-corrected chi connectivity index (χ4v) is 4.52. The number of carbonyl (C=O) groups excluding carboxylic acids is 1. The van der Waals surface area contributed by atoms with Crippen LogP contribution in [0, 0.1) is 15.9 Å². The molecular formula is C19H17ClFN3O6S. The summed E-state index contributed by atoms with van der Waals surface area (Å²) in [5.41, 5.74) is 0.131. The third-order valence-electron chi connectivity index (χ3n) is 4.38. The fraction of sp³-hybridized carbons (Fsp3) is 0.211. The molecule has 0 saturated carbocycles. The standard InChI is InChI=1S/C19H17ClFN3O6S/c20-15-4-1-13(11-17(15)24(26)27)2-6-19(25)22-14-3-5-16(21)18(12-14)31(28,29)23-7-9-30-10-8-23/h1-6,11-12H,7-10H2,(H,22,25)/b6-2+. The van der Waals surface area contributed by atoms with Crippen LogP contribution in [0.1, 0.15) is 5.56 Å². The van der Waals surface area contributed by atoms with Crippen molar-refractivity contribution in [2.75, 3.05) is 31.6 Å². The van der Waals surface area contributed by atoms with Crippen LogP contribution in [0.25, 0.3) is 6.08 Å². The molecule has 1 aliphatic heterocycles. The zero-order valence-electron chi connectivity index (χ0n) is 16.0. The molecule has 0 spiro atoms. The quantitative estimate of drug-likeness (QED) is 0.394. The summed E-state index contributed by atoms with van der Waals surface area (Å²) in [4.78, 5) is 21.9. The van der Waals surface area contributed by atoms with E-state index in [1.54, 1.807) is 0 Å². The molecule has 1 N–H and O–H groups in total. The number of hydrogen-bond donors (Lipinski definition) is 1. The second kappa shape index (κ2) is 9.52. The summed E-state index contributed by atoms with van der Waals surface area (Å²) in [5.74, 6) is -1.58. The first-order valence-corrected chi connectivity index (χ1v) is 10.8. The molecule has 1 aliphatic rings. The van der Waals surface area contributed by atoms with Crippen molar-refractivity contribution in [1.82, 2.24) is 4.31 Å². The molecule has 1 fully saturated rings. The van der Waals surface area contributed by atoms with E-state index in [4.69, 9.17) is 16.3 Å². The van der Waals surface area contributed by atoms with E-state index in [1.807, 2.05) is 0 Å². The van der Waals surface area contributed by atoms with E-state index in [-0.39, 0.29) is 42.7 Å². The van der Waals surface area contributed by atoms with Crippen LogP contribution in [-0.2, 0) is 19.6 Å². The van der Waals surface area contributed by atoms with Gasteiger partial charge in [-0.25, -0.2) is 12.8 Å². The van der Waals surface area contributed by atoms with Gasteiger partial charge in [-0.2, -0.15) is 4.31 Å². The average Bonchev–Trinajstić information content (AvgIpc) is 2.75. The minimum absolute atomic E-state index is 0.0353. The van der Waals surface area contributed by atoms with Crippen LogP contribution in [-0.4, -0.2) is 49.9 Å². The molecule has 0 aromatic heterocycles. The lowest BCUT2D eigenvalue weighted by atomic mass is 10.2. The minimum Gasteiger partial charge on any atom is -0.379 e. The third-order valence-corrected chi connectivity index (χ3v) is 6.61. The van der Waals surface area contributed by atoms with Crippen molar-refractivity contribution in [3.05, 3.63) is 69.0 Å². The van der Waals surface area contributed by atoms with Crippen LogP contribution >= 0.6 is 11.6 Å². The first-order valence-electron chi connectivity index (χ1n) is 8.99. The van der Waals surface area contributed by atoms with Gasteiger partial charge in [-0.05, 0) is 35.9 Å². The van der Waals surface area contributed by atoms with Gasteiger partial charge in [-0.15, -0.1) is 0 Å². The number of nitrogens with zero attached hydrogens (tertiary/aromatic N) is 2. The summed E-state index contributed by atoms with van der Waals surface area (Å²) in [6.45, 7) is 0.637. The molecule has 0 atom stereocenters. The van der Waals surface area contributed by atoms with Gasteiger partial charge in [-0.3, -0.25) is 14.9 Å². The normalized spacial score (nSPS) is 15.2. The van der Waals surface area contributed by atoms with E-state index in [0.717, 1.165) is 22.5 Å². The molecule has 0 bridgehead atoms. The van der Waals surface area contributed by atoms with Gasteiger partial charge in [0.1, 0.15) is 15.7 Å². The lowest BCUT2D eigenvalue weighted by molar-refractivity contribution is -0.384. The summed E-state index contributed by atoms with van der Waals surface area (Å²) in [7, 11) is -4.09. The predicted octanol–water partition coefficient (Wildman–Crippen LogP) is 3.06. The van der Waals surface area contributed by atoms with Crippen LogP contribution in [0.4, 0.5) is 15.8 Å². The highest BCUT2D eigenvalue weighted by Crippen LogP contribution is 2.26.